The molecule has 1 rings (SSSR count). The Morgan fingerprint density at radius 3 is 2.53 bits per heavy atom. The topological polar surface area (TPSA) is 12.0 Å². The highest BCUT2D eigenvalue weighted by atomic mass is 19.1. The second-order valence-corrected chi connectivity index (χ2v) is 4.07. The van der Waals surface area contributed by atoms with Crippen molar-refractivity contribution in [2.24, 2.45) is 5.92 Å². The lowest BCUT2D eigenvalue weighted by molar-refractivity contribution is 0.417. The first-order valence-corrected chi connectivity index (χ1v) is 5.59. The van der Waals surface area contributed by atoms with Crippen molar-refractivity contribution < 1.29 is 4.39 Å². The summed E-state index contributed by atoms with van der Waals surface area (Å²) < 4.78 is 13.6. The fourth-order valence-corrected chi connectivity index (χ4v) is 1.90. The molecule has 0 amide bonds. The largest absolute Gasteiger partial charge is 0.319 e. The van der Waals surface area contributed by atoms with E-state index in [0.717, 1.165) is 18.5 Å². The normalized spacial score (nSPS) is 14.9. The summed E-state index contributed by atoms with van der Waals surface area (Å²) in [5.41, 5.74) is 0.834. The second kappa shape index (κ2) is 5.86. The van der Waals surface area contributed by atoms with Crippen molar-refractivity contribution in [2.75, 3.05) is 13.6 Å². The Hall–Kier alpha value is -0.890. The minimum atomic E-state index is -0.0851. The fourth-order valence-electron chi connectivity index (χ4n) is 1.90. The quantitative estimate of drug-likeness (QED) is 0.785. The summed E-state index contributed by atoms with van der Waals surface area (Å²) in [6.45, 7) is 5.15. The van der Waals surface area contributed by atoms with E-state index in [2.05, 4.69) is 19.2 Å². The first-order valence-electron chi connectivity index (χ1n) is 5.59. The van der Waals surface area contributed by atoms with Gasteiger partial charge in [-0.1, -0.05) is 38.5 Å². The molecule has 15 heavy (non-hydrogen) atoms. The Bertz CT molecular complexity index is 298. The van der Waals surface area contributed by atoms with E-state index < -0.39 is 0 Å². The van der Waals surface area contributed by atoms with E-state index in [0.29, 0.717) is 5.92 Å². The molecule has 1 aromatic rings. The molecule has 0 spiro atoms. The molecule has 1 N–H and O–H groups in total. The molecule has 0 saturated carbocycles. The Morgan fingerprint density at radius 2 is 2.00 bits per heavy atom. The Kier molecular flexibility index (Phi) is 4.76. The minimum absolute atomic E-state index is 0.0851. The van der Waals surface area contributed by atoms with Gasteiger partial charge in [-0.3, -0.25) is 0 Å². The summed E-state index contributed by atoms with van der Waals surface area (Å²) in [5.74, 6) is 0.675. The molecule has 1 nitrogen and oxygen atoms in total. The molecule has 0 bridgehead atoms. The van der Waals surface area contributed by atoms with E-state index in [-0.39, 0.29) is 11.7 Å². The first-order chi connectivity index (χ1) is 7.20. The van der Waals surface area contributed by atoms with Crippen molar-refractivity contribution in [1.29, 1.82) is 0 Å². The Balaban J connectivity index is 2.93. The van der Waals surface area contributed by atoms with Crippen LogP contribution < -0.4 is 5.32 Å². The molecule has 1 aromatic carbocycles. The Labute approximate surface area is 91.7 Å². The highest BCUT2D eigenvalue weighted by Crippen LogP contribution is 2.28. The van der Waals surface area contributed by atoms with Gasteiger partial charge in [0, 0.05) is 12.5 Å². The molecule has 0 fully saturated rings. The molecule has 0 aromatic heterocycles. The van der Waals surface area contributed by atoms with Gasteiger partial charge in [0.25, 0.3) is 0 Å². The van der Waals surface area contributed by atoms with Crippen molar-refractivity contribution in [3.05, 3.63) is 35.6 Å². The van der Waals surface area contributed by atoms with Gasteiger partial charge in [-0.25, -0.2) is 4.39 Å². The molecule has 2 heteroatoms. The minimum Gasteiger partial charge on any atom is -0.319 e. The van der Waals surface area contributed by atoms with Gasteiger partial charge < -0.3 is 5.32 Å². The molecule has 0 aliphatic heterocycles. The third kappa shape index (κ3) is 3.03. The molecule has 0 heterocycles. The van der Waals surface area contributed by atoms with Gasteiger partial charge >= 0.3 is 0 Å². The maximum atomic E-state index is 13.6. The molecule has 0 aliphatic carbocycles. The van der Waals surface area contributed by atoms with E-state index in [9.17, 15) is 4.39 Å². The molecule has 0 saturated heterocycles. The van der Waals surface area contributed by atoms with Crippen molar-refractivity contribution >= 4 is 0 Å². The maximum absolute atomic E-state index is 13.6. The van der Waals surface area contributed by atoms with Crippen LogP contribution in [0, 0.1) is 11.7 Å². The molecule has 0 radical (unpaired) electrons. The van der Waals surface area contributed by atoms with Crippen molar-refractivity contribution in [2.45, 2.75) is 26.2 Å². The Morgan fingerprint density at radius 1 is 1.33 bits per heavy atom. The SMILES string of the molecule is CCC(C)C(CNC)c1ccccc1F. The zero-order chi connectivity index (χ0) is 11.3. The summed E-state index contributed by atoms with van der Waals surface area (Å²) >= 11 is 0. The number of nitrogens with one attached hydrogen (secondary N) is 1. The lowest BCUT2D eigenvalue weighted by Crippen LogP contribution is -2.23. The van der Waals surface area contributed by atoms with Crippen LogP contribution in [0.2, 0.25) is 0 Å². The number of rotatable bonds is 5. The standard InChI is InChI=1S/C13H20FN/c1-4-10(2)12(9-15-3)11-7-5-6-8-13(11)14/h5-8,10,12,15H,4,9H2,1-3H3. The van der Waals surface area contributed by atoms with Crippen LogP contribution in [-0.4, -0.2) is 13.6 Å². The van der Waals surface area contributed by atoms with E-state index in [1.165, 1.54) is 0 Å². The van der Waals surface area contributed by atoms with Crippen LogP contribution in [0.15, 0.2) is 24.3 Å². The van der Waals surface area contributed by atoms with Crippen molar-refractivity contribution in [3.63, 3.8) is 0 Å². The predicted octanol–water partition coefficient (Wildman–Crippen LogP) is 3.17. The lowest BCUT2D eigenvalue weighted by atomic mass is 9.85. The lowest BCUT2D eigenvalue weighted by Gasteiger charge is -2.23. The predicted molar refractivity (Wildman–Crippen MR) is 62.5 cm³/mol. The van der Waals surface area contributed by atoms with Crippen LogP contribution in [-0.2, 0) is 0 Å². The average Bonchev–Trinajstić information content (AvgIpc) is 2.26. The first kappa shape index (κ1) is 12.2. The number of hydrogen-bond acceptors (Lipinski definition) is 1. The number of hydrogen-bond donors (Lipinski definition) is 1. The van der Waals surface area contributed by atoms with Gasteiger partial charge in [0.2, 0.25) is 0 Å². The maximum Gasteiger partial charge on any atom is 0.126 e. The van der Waals surface area contributed by atoms with Gasteiger partial charge in [0.1, 0.15) is 5.82 Å². The average molecular weight is 209 g/mol. The third-order valence-corrected chi connectivity index (χ3v) is 3.06. The molecule has 2 atom stereocenters. The highest BCUT2D eigenvalue weighted by molar-refractivity contribution is 5.22. The highest BCUT2D eigenvalue weighted by Gasteiger charge is 2.19. The molecular weight excluding hydrogens is 189 g/mol. The van der Waals surface area contributed by atoms with E-state index in [4.69, 9.17) is 0 Å². The van der Waals surface area contributed by atoms with Crippen LogP contribution in [0.4, 0.5) is 4.39 Å². The van der Waals surface area contributed by atoms with Crippen molar-refractivity contribution in [3.8, 4) is 0 Å². The van der Waals surface area contributed by atoms with Crippen LogP contribution in [0.25, 0.3) is 0 Å². The van der Waals surface area contributed by atoms with Crippen LogP contribution in [0.1, 0.15) is 31.7 Å². The summed E-state index contributed by atoms with van der Waals surface area (Å²) in [6, 6.07) is 7.08. The van der Waals surface area contributed by atoms with Gasteiger partial charge in [0.15, 0.2) is 0 Å². The zero-order valence-electron chi connectivity index (χ0n) is 9.76. The number of halogens is 1. The molecule has 0 aliphatic rings. The monoisotopic (exact) mass is 209 g/mol. The van der Waals surface area contributed by atoms with Gasteiger partial charge in [-0.2, -0.15) is 0 Å². The third-order valence-electron chi connectivity index (χ3n) is 3.06. The fraction of sp³-hybridized carbons (Fsp3) is 0.538. The summed E-state index contributed by atoms with van der Waals surface area (Å²) in [6.07, 6.45) is 1.07. The second-order valence-electron chi connectivity index (χ2n) is 4.07. The van der Waals surface area contributed by atoms with E-state index in [1.807, 2.05) is 19.2 Å². The molecular formula is C13H20FN. The van der Waals surface area contributed by atoms with Gasteiger partial charge in [-0.05, 0) is 24.6 Å². The number of benzene rings is 1. The number of likely N-dealkylation sites (N-methyl/N-ethyl adjacent to an activating group) is 1. The molecule has 84 valence electrons. The van der Waals surface area contributed by atoms with Gasteiger partial charge in [0.05, 0.1) is 0 Å². The summed E-state index contributed by atoms with van der Waals surface area (Å²) in [4.78, 5) is 0. The van der Waals surface area contributed by atoms with Crippen LogP contribution in [0.3, 0.4) is 0 Å². The zero-order valence-corrected chi connectivity index (χ0v) is 9.76. The molecule has 2 unspecified atom stereocenters. The van der Waals surface area contributed by atoms with Crippen LogP contribution >= 0.6 is 0 Å². The van der Waals surface area contributed by atoms with E-state index >= 15 is 0 Å². The van der Waals surface area contributed by atoms with E-state index in [1.54, 1.807) is 12.1 Å². The summed E-state index contributed by atoms with van der Waals surface area (Å²) in [5, 5.41) is 3.14. The summed E-state index contributed by atoms with van der Waals surface area (Å²) in [7, 11) is 1.91. The van der Waals surface area contributed by atoms with Crippen molar-refractivity contribution in [1.82, 2.24) is 5.32 Å². The van der Waals surface area contributed by atoms with Crippen LogP contribution in [0.5, 0.6) is 0 Å². The smallest absolute Gasteiger partial charge is 0.126 e. The van der Waals surface area contributed by atoms with Gasteiger partial charge in [-0.15, -0.1) is 0 Å².